The summed E-state index contributed by atoms with van der Waals surface area (Å²) in [6, 6.07) is 0. The number of hydrogen-bond donors (Lipinski definition) is 0. The molecule has 1 saturated heterocycles. The molecule has 2 aliphatic heterocycles. The van der Waals surface area contributed by atoms with Crippen LogP contribution < -0.4 is 0 Å². The van der Waals surface area contributed by atoms with E-state index in [9.17, 15) is 0 Å². The molecule has 0 saturated carbocycles. The minimum atomic E-state index is 0.432. The molecule has 0 radical (unpaired) electrons. The minimum absolute atomic E-state index is 0.432. The first-order chi connectivity index (χ1) is 4.81. The van der Waals surface area contributed by atoms with Gasteiger partial charge in [0.15, 0.2) is 0 Å². The monoisotopic (exact) mass is 251 g/mol. The average Bonchev–Trinajstić information content (AvgIpc) is 1.86. The zero-order valence-corrected chi connectivity index (χ0v) is 7.87. The van der Waals surface area contributed by atoms with Crippen LogP contribution in [0, 0.1) is 5.41 Å². The van der Waals surface area contributed by atoms with Gasteiger partial charge in [0.05, 0.1) is 36.1 Å². The molecule has 0 atom stereocenters. The maximum Gasteiger partial charge on any atom is 0.0585 e. The van der Waals surface area contributed by atoms with Gasteiger partial charge < -0.3 is 7.85 Å². The lowest BCUT2D eigenvalue weighted by Crippen LogP contribution is -2.44. The standard InChI is InChI=1S/C7H10INO/c8-9-3-1-7(2-4-9)5-10-6-7/h1,3H,2,4-6H2. The van der Waals surface area contributed by atoms with E-state index in [0.717, 1.165) is 13.2 Å². The Bertz CT molecular complexity index is 165. The summed E-state index contributed by atoms with van der Waals surface area (Å²) in [6.07, 6.45) is 5.70. The summed E-state index contributed by atoms with van der Waals surface area (Å²) < 4.78 is 7.37. The second kappa shape index (κ2) is 2.37. The maximum atomic E-state index is 5.18. The van der Waals surface area contributed by atoms with Crippen molar-refractivity contribution in [1.29, 1.82) is 0 Å². The third-order valence-electron chi connectivity index (χ3n) is 2.19. The lowest BCUT2D eigenvalue weighted by atomic mass is 9.81. The number of hydrogen-bond acceptors (Lipinski definition) is 2. The number of ether oxygens (including phenoxy) is 1. The SMILES string of the molecule is IN1C=CC2(CC1)COC2. The maximum absolute atomic E-state index is 5.18. The topological polar surface area (TPSA) is 12.5 Å². The van der Waals surface area contributed by atoms with Gasteiger partial charge in [-0.25, -0.2) is 0 Å². The first-order valence-corrected chi connectivity index (χ1v) is 4.47. The number of rotatable bonds is 0. The molecule has 2 nitrogen and oxygen atoms in total. The summed E-state index contributed by atoms with van der Waals surface area (Å²) >= 11 is 2.32. The van der Waals surface area contributed by atoms with Crippen LogP contribution in [0.1, 0.15) is 6.42 Å². The van der Waals surface area contributed by atoms with E-state index in [-0.39, 0.29) is 0 Å². The van der Waals surface area contributed by atoms with Crippen molar-refractivity contribution in [1.82, 2.24) is 3.11 Å². The van der Waals surface area contributed by atoms with Gasteiger partial charge in [0, 0.05) is 18.2 Å². The van der Waals surface area contributed by atoms with Crippen molar-refractivity contribution in [2.45, 2.75) is 6.42 Å². The van der Waals surface area contributed by atoms with Crippen molar-refractivity contribution in [2.24, 2.45) is 5.41 Å². The molecule has 2 aliphatic rings. The van der Waals surface area contributed by atoms with Crippen LogP contribution in [0.25, 0.3) is 0 Å². The van der Waals surface area contributed by atoms with Gasteiger partial charge in [0.25, 0.3) is 0 Å². The van der Waals surface area contributed by atoms with E-state index >= 15 is 0 Å². The van der Waals surface area contributed by atoms with E-state index in [1.807, 2.05) is 0 Å². The quantitative estimate of drug-likeness (QED) is 0.478. The highest BCUT2D eigenvalue weighted by atomic mass is 127. The Hall–Kier alpha value is 0.230. The molecule has 10 heavy (non-hydrogen) atoms. The van der Waals surface area contributed by atoms with Crippen molar-refractivity contribution < 1.29 is 4.74 Å². The third kappa shape index (κ3) is 1.05. The van der Waals surface area contributed by atoms with Crippen LogP contribution in [0.5, 0.6) is 0 Å². The van der Waals surface area contributed by atoms with Gasteiger partial charge in [-0.1, -0.05) is 6.08 Å². The van der Waals surface area contributed by atoms with E-state index in [1.54, 1.807) is 0 Å². The van der Waals surface area contributed by atoms with Gasteiger partial charge in [-0.05, 0) is 6.42 Å². The lowest BCUT2D eigenvalue weighted by molar-refractivity contribution is -0.0897. The average molecular weight is 251 g/mol. The molecule has 0 aliphatic carbocycles. The normalized spacial score (nSPS) is 28.7. The summed E-state index contributed by atoms with van der Waals surface area (Å²) in [4.78, 5) is 0. The van der Waals surface area contributed by atoms with Crippen LogP contribution in [-0.2, 0) is 4.74 Å². The van der Waals surface area contributed by atoms with Crippen LogP contribution in [0.2, 0.25) is 0 Å². The second-order valence-electron chi connectivity index (χ2n) is 3.04. The van der Waals surface area contributed by atoms with E-state index in [4.69, 9.17) is 4.74 Å². The fraction of sp³-hybridized carbons (Fsp3) is 0.714. The zero-order valence-electron chi connectivity index (χ0n) is 5.72. The zero-order chi connectivity index (χ0) is 7.03. The Morgan fingerprint density at radius 2 is 2.30 bits per heavy atom. The summed E-state index contributed by atoms with van der Waals surface area (Å²) in [5.74, 6) is 0. The van der Waals surface area contributed by atoms with Gasteiger partial charge in [0.2, 0.25) is 0 Å². The molecule has 3 heteroatoms. The third-order valence-corrected chi connectivity index (χ3v) is 3.00. The van der Waals surface area contributed by atoms with Crippen LogP contribution >= 0.6 is 22.9 Å². The van der Waals surface area contributed by atoms with E-state index in [1.165, 1.54) is 13.0 Å². The van der Waals surface area contributed by atoms with Gasteiger partial charge >= 0.3 is 0 Å². The van der Waals surface area contributed by atoms with Crippen molar-refractivity contribution in [3.8, 4) is 0 Å². The molecule has 1 fully saturated rings. The van der Waals surface area contributed by atoms with Crippen molar-refractivity contribution in [3.05, 3.63) is 12.3 Å². The van der Waals surface area contributed by atoms with E-state index in [0.29, 0.717) is 5.41 Å². The molecule has 0 unspecified atom stereocenters. The predicted molar refractivity (Wildman–Crippen MR) is 47.7 cm³/mol. The lowest BCUT2D eigenvalue weighted by Gasteiger charge is -2.42. The molecule has 1 spiro atoms. The van der Waals surface area contributed by atoms with Crippen LogP contribution in [0.3, 0.4) is 0 Å². The molecule has 0 aromatic heterocycles. The van der Waals surface area contributed by atoms with Crippen molar-refractivity contribution in [2.75, 3.05) is 19.8 Å². The first kappa shape index (κ1) is 6.91. The highest BCUT2D eigenvalue weighted by Crippen LogP contribution is 2.36. The molecule has 0 aromatic carbocycles. The second-order valence-corrected chi connectivity index (χ2v) is 4.28. The number of nitrogens with zero attached hydrogens (tertiary/aromatic N) is 1. The Balaban J connectivity index is 2.07. The van der Waals surface area contributed by atoms with Gasteiger partial charge in [-0.3, -0.25) is 0 Å². The Morgan fingerprint density at radius 1 is 1.50 bits per heavy atom. The largest absolute Gasteiger partial charge is 0.379 e. The van der Waals surface area contributed by atoms with Crippen LogP contribution in [0.15, 0.2) is 12.3 Å². The summed E-state index contributed by atoms with van der Waals surface area (Å²) in [5, 5.41) is 0. The molecule has 0 amide bonds. The Morgan fingerprint density at radius 3 is 2.70 bits per heavy atom. The van der Waals surface area contributed by atoms with E-state index in [2.05, 4.69) is 38.3 Å². The molecular formula is C7H10INO. The van der Waals surface area contributed by atoms with Gasteiger partial charge in [-0.15, -0.1) is 0 Å². The molecule has 0 N–H and O–H groups in total. The first-order valence-electron chi connectivity index (χ1n) is 3.50. The highest BCUT2D eigenvalue weighted by molar-refractivity contribution is 14.1. The Kier molecular flexibility index (Phi) is 1.64. The summed E-state index contributed by atoms with van der Waals surface area (Å²) in [5.41, 5.74) is 0.432. The predicted octanol–water partition coefficient (Wildman–Crippen LogP) is 1.57. The summed E-state index contributed by atoms with van der Waals surface area (Å²) in [7, 11) is 0. The van der Waals surface area contributed by atoms with E-state index < -0.39 is 0 Å². The smallest absolute Gasteiger partial charge is 0.0585 e. The fourth-order valence-corrected chi connectivity index (χ4v) is 1.73. The molecule has 2 heterocycles. The van der Waals surface area contributed by atoms with Crippen molar-refractivity contribution >= 4 is 22.9 Å². The fourth-order valence-electron chi connectivity index (χ4n) is 1.33. The van der Waals surface area contributed by atoms with Gasteiger partial charge in [-0.2, -0.15) is 0 Å². The minimum Gasteiger partial charge on any atom is -0.379 e. The highest BCUT2D eigenvalue weighted by Gasteiger charge is 2.37. The molecular weight excluding hydrogens is 241 g/mol. The molecule has 2 rings (SSSR count). The van der Waals surface area contributed by atoms with Crippen LogP contribution in [-0.4, -0.2) is 22.9 Å². The molecule has 0 aromatic rings. The Labute approximate surface area is 74.7 Å². The van der Waals surface area contributed by atoms with Crippen LogP contribution in [0.4, 0.5) is 0 Å². The van der Waals surface area contributed by atoms with Crippen molar-refractivity contribution in [3.63, 3.8) is 0 Å². The molecule has 0 bridgehead atoms. The number of halogens is 1. The van der Waals surface area contributed by atoms with Gasteiger partial charge in [0.1, 0.15) is 0 Å². The molecule has 56 valence electrons. The summed E-state index contributed by atoms with van der Waals surface area (Å²) in [6.45, 7) is 3.04.